The predicted molar refractivity (Wildman–Crippen MR) is 162 cm³/mol. The van der Waals surface area contributed by atoms with E-state index in [1.54, 1.807) is 24.3 Å². The second-order valence-electron chi connectivity index (χ2n) is 11.7. The van der Waals surface area contributed by atoms with Gasteiger partial charge in [0.15, 0.2) is 0 Å². The van der Waals surface area contributed by atoms with Crippen LogP contribution < -0.4 is 10.5 Å². The number of nitrogens with two attached hydrogens (primary N) is 1. The predicted octanol–water partition coefficient (Wildman–Crippen LogP) is 5.29. The van der Waals surface area contributed by atoms with Gasteiger partial charge >= 0.3 is 5.97 Å². The number of hydrogen-bond acceptors (Lipinski definition) is 6. The van der Waals surface area contributed by atoms with Crippen molar-refractivity contribution in [1.29, 1.82) is 0 Å². The number of carboxylic acids is 1. The van der Waals surface area contributed by atoms with E-state index in [9.17, 15) is 19.1 Å². The minimum Gasteiger partial charge on any atom is -0.481 e. The van der Waals surface area contributed by atoms with Crippen molar-refractivity contribution in [3.63, 3.8) is 0 Å². The van der Waals surface area contributed by atoms with Gasteiger partial charge in [0.25, 0.3) is 0 Å². The number of aromatic carboxylic acids is 1. The van der Waals surface area contributed by atoms with E-state index in [1.807, 2.05) is 24.3 Å². The Kier molecular flexibility index (Phi) is 7.39. The maximum atomic E-state index is 14.9. The molecule has 3 aliphatic heterocycles. The van der Waals surface area contributed by atoms with Crippen molar-refractivity contribution < 1.29 is 28.6 Å². The number of primary amides is 1. The molecular weight excluding hydrogens is 563 g/mol. The Bertz CT molecular complexity index is 1790. The summed E-state index contributed by atoms with van der Waals surface area (Å²) in [7, 11) is 0. The highest BCUT2D eigenvalue weighted by molar-refractivity contribution is 5.93. The van der Waals surface area contributed by atoms with Crippen LogP contribution in [0.1, 0.15) is 74.5 Å². The lowest BCUT2D eigenvalue weighted by Gasteiger charge is -2.34. The molecule has 7 rings (SSSR count). The lowest BCUT2D eigenvalue weighted by molar-refractivity contribution is -0.0592. The number of piperidine rings is 1. The van der Waals surface area contributed by atoms with Gasteiger partial charge in [0, 0.05) is 23.3 Å². The first kappa shape index (κ1) is 28.2. The molecule has 3 aliphatic rings. The molecule has 44 heavy (non-hydrogen) atoms. The van der Waals surface area contributed by atoms with E-state index in [0.29, 0.717) is 18.7 Å². The van der Waals surface area contributed by atoms with Gasteiger partial charge in [-0.1, -0.05) is 30.3 Å². The fraction of sp³-hybridized carbons (Fsp3) is 0.324. The van der Waals surface area contributed by atoms with Crippen molar-refractivity contribution in [3.8, 4) is 5.75 Å². The number of carbonyl (C=O) groups excluding carboxylic acids is 1. The zero-order valence-electron chi connectivity index (χ0n) is 24.1. The number of ether oxygens (including phenoxy) is 2. The topological polar surface area (TPSA) is 120 Å². The maximum Gasteiger partial charge on any atom is 0.335 e. The standard InChI is InChI=1S/C34H33FN4O5/c35-27-16-22(33(36)40)4-7-26(27)30-9-6-21-2-1-3-25(32(21)44-30)20-10-13-38(14-11-20)19-31-37-28-8-5-23(34(41)42)17-29(28)39(31)18-24-12-15-43-24/h1-9,16-17,20,24,30H,10-15,18-19H2,(H2,36,40)(H,41,42). The number of carbonyl (C=O) groups is 2. The van der Waals surface area contributed by atoms with Crippen LogP contribution in [0.5, 0.6) is 5.75 Å². The van der Waals surface area contributed by atoms with E-state index in [2.05, 4.69) is 15.5 Å². The molecule has 3 aromatic carbocycles. The Hall–Kier alpha value is -4.54. The highest BCUT2D eigenvalue weighted by Crippen LogP contribution is 2.42. The number of amides is 1. The summed E-state index contributed by atoms with van der Waals surface area (Å²) in [6, 6.07) is 15.5. The number of likely N-dealkylation sites (tertiary alicyclic amines) is 1. The first-order valence-electron chi connectivity index (χ1n) is 15.0. The maximum absolute atomic E-state index is 14.9. The van der Waals surface area contributed by atoms with Crippen LogP contribution in [0.4, 0.5) is 4.39 Å². The van der Waals surface area contributed by atoms with E-state index in [-0.39, 0.29) is 23.1 Å². The molecule has 1 amide bonds. The van der Waals surface area contributed by atoms with Gasteiger partial charge in [-0.05, 0) is 80.2 Å². The fourth-order valence-corrected chi connectivity index (χ4v) is 6.46. The molecule has 0 radical (unpaired) electrons. The summed E-state index contributed by atoms with van der Waals surface area (Å²) < 4.78 is 29.2. The first-order chi connectivity index (χ1) is 21.3. The van der Waals surface area contributed by atoms with E-state index in [1.165, 1.54) is 6.07 Å². The van der Waals surface area contributed by atoms with Crippen molar-refractivity contribution in [2.75, 3.05) is 19.7 Å². The second-order valence-corrected chi connectivity index (χ2v) is 11.7. The molecule has 2 saturated heterocycles. The normalized spacial score (nSPS) is 20.2. The lowest BCUT2D eigenvalue weighted by atomic mass is 9.87. The summed E-state index contributed by atoms with van der Waals surface area (Å²) in [4.78, 5) is 30.4. The number of para-hydroxylation sites is 1. The number of imidazole rings is 1. The number of halogens is 1. The van der Waals surface area contributed by atoms with Crippen molar-refractivity contribution >= 4 is 29.0 Å². The molecule has 4 heterocycles. The Morgan fingerprint density at radius 2 is 1.82 bits per heavy atom. The quantitative estimate of drug-likeness (QED) is 0.284. The molecule has 2 fully saturated rings. The van der Waals surface area contributed by atoms with Crippen molar-refractivity contribution in [2.24, 2.45) is 5.73 Å². The molecule has 226 valence electrons. The van der Waals surface area contributed by atoms with Crippen LogP contribution in [-0.4, -0.2) is 57.2 Å². The van der Waals surface area contributed by atoms with Crippen molar-refractivity contribution in [2.45, 2.75) is 50.5 Å². The monoisotopic (exact) mass is 596 g/mol. The highest BCUT2D eigenvalue weighted by atomic mass is 19.1. The van der Waals surface area contributed by atoms with Gasteiger partial charge in [-0.3, -0.25) is 9.69 Å². The number of aromatic nitrogens is 2. The zero-order chi connectivity index (χ0) is 30.4. The molecule has 0 spiro atoms. The smallest absolute Gasteiger partial charge is 0.335 e. The van der Waals surface area contributed by atoms with Crippen molar-refractivity contribution in [1.82, 2.24) is 14.5 Å². The molecule has 10 heteroatoms. The van der Waals surface area contributed by atoms with Crippen LogP contribution in [-0.2, 0) is 17.8 Å². The minimum absolute atomic E-state index is 0.113. The fourth-order valence-electron chi connectivity index (χ4n) is 6.46. The molecule has 0 bridgehead atoms. The van der Waals surface area contributed by atoms with E-state index in [4.69, 9.17) is 20.2 Å². The van der Waals surface area contributed by atoms with Crippen LogP contribution in [0.2, 0.25) is 0 Å². The molecule has 0 aliphatic carbocycles. The summed E-state index contributed by atoms with van der Waals surface area (Å²) in [5.74, 6) is -0.202. The summed E-state index contributed by atoms with van der Waals surface area (Å²) in [6.45, 7) is 3.78. The zero-order valence-corrected chi connectivity index (χ0v) is 24.1. The average molecular weight is 597 g/mol. The van der Waals surface area contributed by atoms with Gasteiger partial charge in [0.05, 0.1) is 35.8 Å². The SMILES string of the molecule is NC(=O)c1ccc(C2C=Cc3cccc(C4CCN(Cc5nc6ccc(C(=O)O)cc6n5CC5CCO5)CC4)c3O2)c(F)c1. The summed E-state index contributed by atoms with van der Waals surface area (Å²) in [5.41, 5.74) is 9.72. The van der Waals surface area contributed by atoms with E-state index in [0.717, 1.165) is 78.8 Å². The lowest BCUT2D eigenvalue weighted by Crippen LogP contribution is -2.35. The van der Waals surface area contributed by atoms with Gasteiger partial charge in [-0.25, -0.2) is 14.2 Å². The number of carboxylic acid groups (broad SMARTS) is 1. The van der Waals surface area contributed by atoms with Crippen LogP contribution in [0.15, 0.2) is 60.7 Å². The third kappa shape index (κ3) is 5.35. The van der Waals surface area contributed by atoms with Gasteiger partial charge in [-0.2, -0.15) is 0 Å². The number of hydrogen-bond donors (Lipinski definition) is 2. The Labute approximate surface area is 253 Å². The van der Waals surface area contributed by atoms with Crippen LogP contribution in [0.25, 0.3) is 17.1 Å². The van der Waals surface area contributed by atoms with E-state index >= 15 is 0 Å². The molecule has 2 atom stereocenters. The Morgan fingerprint density at radius 1 is 1.02 bits per heavy atom. The largest absolute Gasteiger partial charge is 0.481 e. The number of rotatable bonds is 8. The summed E-state index contributed by atoms with van der Waals surface area (Å²) in [6.07, 6.45) is 6.12. The highest BCUT2D eigenvalue weighted by Gasteiger charge is 2.29. The van der Waals surface area contributed by atoms with Gasteiger partial charge in [-0.15, -0.1) is 0 Å². The molecular formula is C34H33FN4O5. The summed E-state index contributed by atoms with van der Waals surface area (Å²) in [5, 5.41) is 9.54. The first-order valence-corrected chi connectivity index (χ1v) is 15.0. The van der Waals surface area contributed by atoms with Crippen LogP contribution in [0, 0.1) is 5.82 Å². The van der Waals surface area contributed by atoms with Crippen LogP contribution >= 0.6 is 0 Å². The van der Waals surface area contributed by atoms with Gasteiger partial charge in [0.2, 0.25) is 5.91 Å². The Morgan fingerprint density at radius 3 is 2.52 bits per heavy atom. The Balaban J connectivity index is 1.07. The number of nitrogens with zero attached hydrogens (tertiary/aromatic N) is 3. The average Bonchev–Trinajstić information content (AvgIpc) is 3.34. The summed E-state index contributed by atoms with van der Waals surface area (Å²) >= 11 is 0. The molecule has 0 saturated carbocycles. The number of benzene rings is 3. The second kappa shape index (κ2) is 11.5. The molecule has 2 unspecified atom stereocenters. The number of fused-ring (bicyclic) bond motifs is 2. The minimum atomic E-state index is -0.955. The van der Waals surface area contributed by atoms with Crippen LogP contribution in [0.3, 0.4) is 0 Å². The third-order valence-corrected chi connectivity index (χ3v) is 9.01. The molecule has 3 N–H and O–H groups in total. The van der Waals surface area contributed by atoms with E-state index < -0.39 is 23.8 Å². The van der Waals surface area contributed by atoms with Gasteiger partial charge in [0.1, 0.15) is 23.5 Å². The molecule has 4 aromatic rings. The molecule has 1 aromatic heterocycles. The van der Waals surface area contributed by atoms with Gasteiger partial charge < -0.3 is 24.9 Å². The third-order valence-electron chi connectivity index (χ3n) is 9.01. The molecule has 9 nitrogen and oxygen atoms in total. The van der Waals surface area contributed by atoms with Crippen molar-refractivity contribution in [3.05, 3.63) is 100 Å².